The third-order valence-electron chi connectivity index (χ3n) is 13.7. The van der Waals surface area contributed by atoms with Gasteiger partial charge in [-0.2, -0.15) is 17.2 Å². The second kappa shape index (κ2) is 31.4. The van der Waals surface area contributed by atoms with E-state index in [2.05, 4.69) is 0 Å². The number of aryl methyl sites for hydroxylation is 4. The Balaban J connectivity index is 1.43. The molecule has 0 atom stereocenters. The topological polar surface area (TPSA) is 211 Å². The van der Waals surface area contributed by atoms with Gasteiger partial charge in [0.2, 0.25) is 40.1 Å². The van der Waals surface area contributed by atoms with E-state index in [0.717, 1.165) is 47.1 Å². The van der Waals surface area contributed by atoms with Gasteiger partial charge in [0.1, 0.15) is 0 Å². The summed E-state index contributed by atoms with van der Waals surface area (Å²) in [7, 11) is -16.0. The number of benzene rings is 5. The van der Waals surface area contributed by atoms with Crippen molar-refractivity contribution in [3.05, 3.63) is 155 Å². The lowest BCUT2D eigenvalue weighted by Gasteiger charge is -2.32. The highest BCUT2D eigenvalue weighted by molar-refractivity contribution is 7.90. The largest absolute Gasteiger partial charge is 0.377 e. The molecule has 77 heavy (non-hydrogen) atoms. The van der Waals surface area contributed by atoms with Gasteiger partial charge in [-0.3, -0.25) is 0 Å². The van der Waals surface area contributed by atoms with Crippen molar-refractivity contribution >= 4 is 40.1 Å². The highest BCUT2D eigenvalue weighted by Gasteiger charge is 2.33. The minimum Gasteiger partial charge on any atom is -0.377 e. The van der Waals surface area contributed by atoms with Gasteiger partial charge in [-0.25, -0.2) is 33.7 Å². The van der Waals surface area contributed by atoms with Crippen molar-refractivity contribution in [2.24, 2.45) is 17.4 Å². The molecule has 5 rings (SSSR count). The summed E-state index contributed by atoms with van der Waals surface area (Å²) in [5.41, 5.74) is 16.4. The van der Waals surface area contributed by atoms with Crippen molar-refractivity contribution in [1.82, 2.24) is 17.2 Å². The molecule has 0 unspecified atom stereocenters. The van der Waals surface area contributed by atoms with E-state index in [1.807, 2.05) is 58.0 Å². The van der Waals surface area contributed by atoms with Gasteiger partial charge >= 0.3 is 0 Å². The molecule has 0 amide bonds. The molecule has 4 N–H and O–H groups in total. The van der Waals surface area contributed by atoms with Gasteiger partial charge in [0, 0.05) is 59.0 Å². The van der Waals surface area contributed by atoms with E-state index in [0.29, 0.717) is 77.7 Å². The van der Waals surface area contributed by atoms with Crippen LogP contribution in [0.3, 0.4) is 0 Å². The molecule has 0 saturated heterocycles. The molecule has 0 aliphatic rings. The number of hydrogen-bond acceptors (Lipinski definition) is 11. The van der Waals surface area contributed by atoms with Crippen LogP contribution in [0.5, 0.6) is 0 Å². The van der Waals surface area contributed by atoms with E-state index in [1.54, 1.807) is 97.1 Å². The van der Waals surface area contributed by atoms with Crippen molar-refractivity contribution < 1.29 is 38.4 Å². The zero-order valence-corrected chi connectivity index (χ0v) is 49.0. The average Bonchev–Trinajstić information content (AvgIpc) is 3.41. The maximum absolute atomic E-state index is 14.9. The Morgan fingerprint density at radius 2 is 0.688 bits per heavy atom. The van der Waals surface area contributed by atoms with Crippen LogP contribution in [-0.4, -0.2) is 123 Å². The number of unbranched alkanes of at least 4 members (excludes halogenated alkanes) is 5. The summed E-state index contributed by atoms with van der Waals surface area (Å²) in [5, 5.41) is 0. The summed E-state index contributed by atoms with van der Waals surface area (Å²) in [4.78, 5) is 0.556. The number of rotatable bonds is 37. The molecule has 424 valence electrons. The Bertz CT molecular complexity index is 2790. The Kier molecular flexibility index (Phi) is 25.9. The van der Waals surface area contributed by atoms with Crippen LogP contribution in [0, 0.1) is 33.6 Å². The van der Waals surface area contributed by atoms with E-state index in [1.165, 1.54) is 17.2 Å². The molecule has 19 heteroatoms. The third-order valence-corrected chi connectivity index (χ3v) is 21.3. The van der Waals surface area contributed by atoms with Gasteiger partial charge < -0.3 is 16.2 Å². The predicted octanol–water partition coefficient (Wildman–Crippen LogP) is 9.03. The molecule has 0 bridgehead atoms. The first-order valence-electron chi connectivity index (χ1n) is 27.1. The molecule has 0 fully saturated rings. The molecule has 0 spiro atoms. The number of nitrogens with two attached hydrogens (primary N) is 2. The second-order valence-electron chi connectivity index (χ2n) is 20.1. The predicted molar refractivity (Wildman–Crippen MR) is 308 cm³/mol. The Morgan fingerprint density at radius 1 is 0.377 bits per heavy atom. The molecule has 15 nitrogen and oxygen atoms in total. The lowest BCUT2D eigenvalue weighted by molar-refractivity contribution is 0.116. The fourth-order valence-electron chi connectivity index (χ4n) is 9.02. The van der Waals surface area contributed by atoms with Gasteiger partial charge in [0.15, 0.2) is 0 Å². The normalized spacial score (nSPS) is 12.7. The second-order valence-corrected chi connectivity index (χ2v) is 27.8. The van der Waals surface area contributed by atoms with E-state index < -0.39 is 46.0 Å². The summed E-state index contributed by atoms with van der Waals surface area (Å²) in [6.45, 7) is 10.0. The minimum absolute atomic E-state index is 0.00345. The van der Waals surface area contributed by atoms with E-state index in [9.17, 15) is 33.7 Å². The van der Waals surface area contributed by atoms with Gasteiger partial charge in [-0.15, -0.1) is 0 Å². The SMILES string of the molecule is Cc1ccc(S(=O)(=O)N(CCCN)CCCCN(CC(CCCCCCOCc2ccccc2)CN(CCCCN(CCCN)S(=O)(=O)c2ccc(C)cc2)S(=O)(=O)c2ccc(C)cc2)S(=O)(=O)c2ccc(C)cc2)cc1. The Morgan fingerprint density at radius 3 is 1.04 bits per heavy atom. The van der Waals surface area contributed by atoms with Crippen LogP contribution in [0.1, 0.15) is 98.4 Å². The zero-order chi connectivity index (χ0) is 55.9. The average molecular weight is 1140 g/mol. The van der Waals surface area contributed by atoms with Crippen LogP contribution in [0.15, 0.2) is 147 Å². The van der Waals surface area contributed by atoms with Gasteiger partial charge in [0.05, 0.1) is 26.2 Å². The van der Waals surface area contributed by atoms with E-state index >= 15 is 0 Å². The Labute approximate surface area is 462 Å². The fourth-order valence-corrected chi connectivity index (χ4v) is 15.2. The minimum atomic E-state index is -4.15. The molecule has 0 saturated carbocycles. The van der Waals surface area contributed by atoms with Crippen molar-refractivity contribution in [2.45, 2.75) is 125 Å². The summed E-state index contributed by atoms with van der Waals surface area (Å²) in [6, 6.07) is 36.7. The molecular formula is C58H84N6O9S4. The molecular weight excluding hydrogens is 1050 g/mol. The lowest BCUT2D eigenvalue weighted by atomic mass is 10.00. The van der Waals surface area contributed by atoms with Crippen molar-refractivity contribution in [3.8, 4) is 0 Å². The lowest BCUT2D eigenvalue weighted by Crippen LogP contribution is -2.43. The highest BCUT2D eigenvalue weighted by atomic mass is 32.2. The molecule has 5 aromatic carbocycles. The van der Waals surface area contributed by atoms with Crippen LogP contribution in [0.4, 0.5) is 0 Å². The molecule has 5 aromatic rings. The maximum Gasteiger partial charge on any atom is 0.243 e. The smallest absolute Gasteiger partial charge is 0.243 e. The first kappa shape index (κ1) is 63.5. The van der Waals surface area contributed by atoms with Gasteiger partial charge in [-0.05, 0) is 152 Å². The standard InChI is InChI=1S/C58H84N6O9S4/c1-49-21-29-55(30-22-49)74(65,66)61(43-16-37-59)39-11-13-41-63(76(69,70)57-33-25-51(3)26-34-57)46-54(20-8-5-6-15-45-73-48-53-18-9-7-10-19-53)47-64(77(71,72)58-35-27-52(4)28-36-58)42-14-12-40-62(44-17-38-60)75(67,68)56-31-23-50(2)24-32-56/h7,9-10,18-19,21-36,54H,5-6,8,11-17,20,37-48,59-60H2,1-4H3. The van der Waals surface area contributed by atoms with E-state index in [4.69, 9.17) is 16.2 Å². The summed E-state index contributed by atoms with van der Waals surface area (Å²) in [5.74, 6) is -0.476. The van der Waals surface area contributed by atoms with Crippen molar-refractivity contribution in [1.29, 1.82) is 0 Å². The first-order chi connectivity index (χ1) is 36.8. The highest BCUT2D eigenvalue weighted by Crippen LogP contribution is 2.27. The monoisotopic (exact) mass is 1140 g/mol. The van der Waals surface area contributed by atoms with Crippen LogP contribution < -0.4 is 11.5 Å². The summed E-state index contributed by atoms with van der Waals surface area (Å²) >= 11 is 0. The molecule has 0 aromatic heterocycles. The van der Waals surface area contributed by atoms with Crippen molar-refractivity contribution in [3.63, 3.8) is 0 Å². The molecule has 0 aliphatic carbocycles. The van der Waals surface area contributed by atoms with Crippen LogP contribution in [0.25, 0.3) is 0 Å². The van der Waals surface area contributed by atoms with Gasteiger partial charge in [0.25, 0.3) is 0 Å². The number of sulfonamides is 4. The first-order valence-corrected chi connectivity index (χ1v) is 32.8. The third kappa shape index (κ3) is 19.7. The zero-order valence-electron chi connectivity index (χ0n) is 45.7. The Hall–Kier alpha value is -4.38. The van der Waals surface area contributed by atoms with Crippen LogP contribution in [0.2, 0.25) is 0 Å². The number of nitrogens with zero attached hydrogens (tertiary/aromatic N) is 4. The molecule has 0 radical (unpaired) electrons. The molecule has 0 heterocycles. The van der Waals surface area contributed by atoms with Gasteiger partial charge in [-0.1, -0.05) is 120 Å². The molecule has 0 aliphatic heterocycles. The maximum atomic E-state index is 14.9. The fraction of sp³-hybridized carbons (Fsp3) is 0.483. The van der Waals surface area contributed by atoms with Crippen LogP contribution in [-0.2, 0) is 51.4 Å². The summed E-state index contributed by atoms with van der Waals surface area (Å²) in [6.07, 6.45) is 5.92. The van der Waals surface area contributed by atoms with Crippen molar-refractivity contribution in [2.75, 3.05) is 72.1 Å². The number of hydrogen-bond donors (Lipinski definition) is 2. The quantitative estimate of drug-likeness (QED) is 0.0358. The van der Waals surface area contributed by atoms with E-state index in [-0.39, 0.29) is 71.9 Å². The number of ether oxygens (including phenoxy) is 1. The van der Waals surface area contributed by atoms with Crippen LogP contribution >= 0.6 is 0 Å². The summed E-state index contributed by atoms with van der Waals surface area (Å²) < 4.78 is 127.